The zero-order chi connectivity index (χ0) is 16.4. The monoisotopic (exact) mass is 323 g/mol. The molecule has 4 nitrogen and oxygen atoms in total. The van der Waals surface area contributed by atoms with Crippen LogP contribution in [0.15, 0.2) is 24.3 Å². The van der Waals surface area contributed by atoms with E-state index in [0.29, 0.717) is 17.7 Å². The van der Waals surface area contributed by atoms with Gasteiger partial charge in [0.25, 0.3) is 0 Å². The number of halogens is 3. The topological polar surface area (TPSA) is 58.0 Å². The van der Waals surface area contributed by atoms with Gasteiger partial charge in [-0.3, -0.25) is 0 Å². The molecule has 2 aromatic rings. The summed E-state index contributed by atoms with van der Waals surface area (Å²) in [7, 11) is 0. The number of aryl methyl sites for hydroxylation is 1. The second-order valence-corrected chi connectivity index (χ2v) is 5.38. The van der Waals surface area contributed by atoms with Crippen LogP contribution in [0.3, 0.4) is 0 Å². The largest absolute Gasteiger partial charge is 0.451 e. The van der Waals surface area contributed by atoms with Crippen LogP contribution in [0.2, 0.25) is 0 Å². The highest BCUT2D eigenvalue weighted by molar-refractivity contribution is 5.72. The summed E-state index contributed by atoms with van der Waals surface area (Å²) in [5.41, 5.74) is 2.73. The number of anilines is 1. The van der Waals surface area contributed by atoms with Crippen molar-refractivity contribution in [3.05, 3.63) is 41.2 Å². The third-order valence-corrected chi connectivity index (χ3v) is 3.81. The number of hydrogen-bond donors (Lipinski definition) is 2. The molecular formula is C16H16F3N3O. The van der Waals surface area contributed by atoms with E-state index in [2.05, 4.69) is 15.3 Å². The second kappa shape index (κ2) is 6.16. The van der Waals surface area contributed by atoms with Gasteiger partial charge < -0.3 is 10.4 Å². The zero-order valence-electron chi connectivity index (χ0n) is 12.3. The first-order chi connectivity index (χ1) is 11.0. The van der Waals surface area contributed by atoms with Gasteiger partial charge in [-0.15, -0.1) is 0 Å². The molecule has 122 valence electrons. The van der Waals surface area contributed by atoms with Crippen molar-refractivity contribution in [3.8, 4) is 11.3 Å². The Morgan fingerprint density at radius 3 is 2.65 bits per heavy atom. The van der Waals surface area contributed by atoms with Gasteiger partial charge in [0, 0.05) is 17.7 Å². The molecule has 1 aliphatic rings. The van der Waals surface area contributed by atoms with E-state index in [1.165, 1.54) is 0 Å². The summed E-state index contributed by atoms with van der Waals surface area (Å²) in [4.78, 5) is 7.47. The lowest BCUT2D eigenvalue weighted by Gasteiger charge is -2.16. The summed E-state index contributed by atoms with van der Waals surface area (Å²) >= 11 is 0. The lowest BCUT2D eigenvalue weighted by atomic mass is 10.0. The molecule has 7 heteroatoms. The summed E-state index contributed by atoms with van der Waals surface area (Å²) in [5.74, 6) is -0.999. The molecule has 0 saturated heterocycles. The highest BCUT2D eigenvalue weighted by Gasteiger charge is 2.37. The van der Waals surface area contributed by atoms with Crippen molar-refractivity contribution >= 4 is 5.82 Å². The fraction of sp³-hybridized carbons (Fsp3) is 0.375. The first kappa shape index (κ1) is 15.7. The van der Waals surface area contributed by atoms with Gasteiger partial charge >= 0.3 is 6.18 Å². The van der Waals surface area contributed by atoms with Crippen molar-refractivity contribution < 1.29 is 18.3 Å². The fourth-order valence-electron chi connectivity index (χ4n) is 2.82. The van der Waals surface area contributed by atoms with Crippen LogP contribution < -0.4 is 5.32 Å². The van der Waals surface area contributed by atoms with E-state index >= 15 is 0 Å². The number of aliphatic hydroxyl groups is 1. The summed E-state index contributed by atoms with van der Waals surface area (Å²) < 4.78 is 39.4. The molecule has 0 atom stereocenters. The Hall–Kier alpha value is -2.15. The molecule has 1 aromatic heterocycles. The Morgan fingerprint density at radius 2 is 1.91 bits per heavy atom. The van der Waals surface area contributed by atoms with Gasteiger partial charge in [-0.2, -0.15) is 13.2 Å². The summed E-state index contributed by atoms with van der Waals surface area (Å²) in [6.45, 7) is -0.0425. The van der Waals surface area contributed by atoms with Gasteiger partial charge in [0.2, 0.25) is 5.82 Å². The summed E-state index contributed by atoms with van der Waals surface area (Å²) in [6, 6.07) is 7.38. The number of rotatable bonds is 3. The van der Waals surface area contributed by atoms with E-state index in [1.807, 2.05) is 12.1 Å². The first-order valence-corrected chi connectivity index (χ1v) is 7.42. The van der Waals surface area contributed by atoms with Crippen molar-refractivity contribution in [3.63, 3.8) is 0 Å². The van der Waals surface area contributed by atoms with Crippen LogP contribution in [0.5, 0.6) is 0 Å². The minimum atomic E-state index is -4.62. The average Bonchev–Trinajstić information content (AvgIpc) is 2.71. The Bertz CT molecular complexity index is 716. The highest BCUT2D eigenvalue weighted by atomic mass is 19.4. The number of hydrogen-bond acceptors (Lipinski definition) is 4. The Balaban J connectivity index is 2.21. The Labute approximate surface area is 131 Å². The number of aliphatic hydroxyl groups excluding tert-OH is 1. The van der Waals surface area contributed by atoms with Crippen molar-refractivity contribution in [1.29, 1.82) is 0 Å². The lowest BCUT2D eigenvalue weighted by molar-refractivity contribution is -0.144. The molecule has 1 heterocycles. The lowest BCUT2D eigenvalue weighted by Crippen LogP contribution is -2.17. The van der Waals surface area contributed by atoms with E-state index < -0.39 is 12.0 Å². The number of aromatic nitrogens is 2. The molecule has 0 bridgehead atoms. The van der Waals surface area contributed by atoms with Crippen LogP contribution in [0, 0.1) is 0 Å². The molecule has 0 spiro atoms. The fourth-order valence-corrected chi connectivity index (χ4v) is 2.82. The van der Waals surface area contributed by atoms with Crippen molar-refractivity contribution in [1.82, 2.24) is 9.97 Å². The highest BCUT2D eigenvalue weighted by Crippen LogP contribution is 2.37. The molecule has 0 saturated carbocycles. The third-order valence-electron chi connectivity index (χ3n) is 3.81. The van der Waals surface area contributed by atoms with E-state index in [9.17, 15) is 13.2 Å². The summed E-state index contributed by atoms with van der Waals surface area (Å²) in [5, 5.41) is 11.7. The van der Waals surface area contributed by atoms with Crippen LogP contribution in [0.1, 0.15) is 23.4 Å². The molecule has 3 rings (SSSR count). The van der Waals surface area contributed by atoms with Crippen LogP contribution in [0.25, 0.3) is 11.3 Å². The predicted molar refractivity (Wildman–Crippen MR) is 80.1 cm³/mol. The SMILES string of the molecule is OCCNc1nc(C(F)(F)F)nc2c1CCCc1ccccc1-2. The van der Waals surface area contributed by atoms with Crippen LogP contribution in [0.4, 0.5) is 19.0 Å². The normalized spacial score (nSPS) is 13.9. The van der Waals surface area contributed by atoms with Gasteiger partial charge in [-0.1, -0.05) is 24.3 Å². The van der Waals surface area contributed by atoms with Crippen LogP contribution in [-0.4, -0.2) is 28.2 Å². The molecule has 1 aliphatic carbocycles. The minimum absolute atomic E-state index is 0.141. The van der Waals surface area contributed by atoms with Crippen LogP contribution in [-0.2, 0) is 19.0 Å². The number of fused-ring (bicyclic) bond motifs is 3. The van der Waals surface area contributed by atoms with Crippen LogP contribution >= 0.6 is 0 Å². The molecule has 1 aromatic carbocycles. The Kier molecular flexibility index (Phi) is 4.21. The number of nitrogens with zero attached hydrogens (tertiary/aromatic N) is 2. The van der Waals surface area contributed by atoms with E-state index in [1.54, 1.807) is 12.1 Å². The third kappa shape index (κ3) is 3.14. The number of benzene rings is 1. The maximum atomic E-state index is 13.1. The maximum absolute atomic E-state index is 13.1. The van der Waals surface area contributed by atoms with E-state index in [0.717, 1.165) is 24.0 Å². The van der Waals surface area contributed by atoms with E-state index in [4.69, 9.17) is 5.11 Å². The number of nitrogens with one attached hydrogen (secondary N) is 1. The smallest absolute Gasteiger partial charge is 0.395 e. The molecule has 2 N–H and O–H groups in total. The van der Waals surface area contributed by atoms with Crippen molar-refractivity contribution in [2.24, 2.45) is 0 Å². The van der Waals surface area contributed by atoms with Gasteiger partial charge in [-0.05, 0) is 24.8 Å². The van der Waals surface area contributed by atoms with Gasteiger partial charge in [0.05, 0.1) is 12.3 Å². The number of alkyl halides is 3. The molecule has 0 unspecified atom stereocenters. The molecular weight excluding hydrogens is 307 g/mol. The van der Waals surface area contributed by atoms with Crippen molar-refractivity contribution in [2.45, 2.75) is 25.4 Å². The van der Waals surface area contributed by atoms with Gasteiger partial charge in [0.1, 0.15) is 5.82 Å². The van der Waals surface area contributed by atoms with Gasteiger partial charge in [-0.25, -0.2) is 9.97 Å². The standard InChI is InChI=1S/C16H16F3N3O/c17-16(18,19)15-21-13-11-6-2-1-4-10(11)5-3-7-12(13)14(22-15)20-8-9-23/h1-2,4,6,23H,3,5,7-9H2,(H,20,21,22). The minimum Gasteiger partial charge on any atom is -0.395 e. The maximum Gasteiger partial charge on any atom is 0.451 e. The molecule has 0 radical (unpaired) electrons. The predicted octanol–water partition coefficient (Wildman–Crippen LogP) is 3.06. The molecule has 23 heavy (non-hydrogen) atoms. The molecule has 0 amide bonds. The average molecular weight is 323 g/mol. The second-order valence-electron chi connectivity index (χ2n) is 5.38. The van der Waals surface area contributed by atoms with Crippen molar-refractivity contribution in [2.75, 3.05) is 18.5 Å². The van der Waals surface area contributed by atoms with Gasteiger partial charge in [0.15, 0.2) is 0 Å². The molecule has 0 aliphatic heterocycles. The first-order valence-electron chi connectivity index (χ1n) is 7.42. The Morgan fingerprint density at radius 1 is 1.13 bits per heavy atom. The summed E-state index contributed by atoms with van der Waals surface area (Å²) in [6.07, 6.45) is -2.43. The van der Waals surface area contributed by atoms with E-state index in [-0.39, 0.29) is 19.0 Å². The molecule has 0 fully saturated rings. The zero-order valence-corrected chi connectivity index (χ0v) is 12.3. The quantitative estimate of drug-likeness (QED) is 0.911.